The molecule has 0 amide bonds. The number of nitrogens with zero attached hydrogens (tertiary/aromatic N) is 3. The van der Waals surface area contributed by atoms with E-state index in [0.29, 0.717) is 0 Å². The molecule has 0 aliphatic heterocycles. The van der Waals surface area contributed by atoms with Gasteiger partial charge in [-0.15, -0.1) is 11.3 Å². The van der Waals surface area contributed by atoms with Gasteiger partial charge in [0.25, 0.3) is 0 Å². The lowest BCUT2D eigenvalue weighted by atomic mass is 10.0. The van der Waals surface area contributed by atoms with Crippen molar-refractivity contribution >= 4 is 75.1 Å². The summed E-state index contributed by atoms with van der Waals surface area (Å²) in [6.45, 7) is 0. The number of benzene rings is 6. The van der Waals surface area contributed by atoms with Crippen molar-refractivity contribution in [3.63, 3.8) is 0 Å². The molecule has 0 atom stereocenters. The quantitative estimate of drug-likeness (QED) is 0.224. The third-order valence-electron chi connectivity index (χ3n) is 7.97. The Morgan fingerprint density at radius 3 is 2.10 bits per heavy atom. The highest BCUT2D eigenvalue weighted by molar-refractivity contribution is 7.26. The van der Waals surface area contributed by atoms with Crippen LogP contribution in [0.15, 0.2) is 127 Å². The van der Waals surface area contributed by atoms with Crippen LogP contribution < -0.4 is 0 Å². The van der Waals surface area contributed by atoms with E-state index >= 15 is 0 Å². The molecule has 40 heavy (non-hydrogen) atoms. The topological polar surface area (TPSA) is 30.7 Å². The maximum absolute atomic E-state index is 5.34. The zero-order valence-electron chi connectivity index (χ0n) is 21.4. The minimum Gasteiger partial charge on any atom is -0.290 e. The second kappa shape index (κ2) is 8.22. The van der Waals surface area contributed by atoms with Gasteiger partial charge >= 0.3 is 0 Å². The highest BCUT2D eigenvalue weighted by atomic mass is 32.1. The Labute approximate surface area is 233 Å². The minimum absolute atomic E-state index is 0.852. The predicted octanol–water partition coefficient (Wildman–Crippen LogP) is 9.91. The molecule has 6 aromatic carbocycles. The molecule has 0 unspecified atom stereocenters. The van der Waals surface area contributed by atoms with Crippen molar-refractivity contribution in [2.24, 2.45) is 0 Å². The third kappa shape index (κ3) is 2.99. The lowest BCUT2D eigenvalue weighted by Crippen LogP contribution is -2.03. The van der Waals surface area contributed by atoms with Crippen molar-refractivity contribution in [1.29, 1.82) is 0 Å². The fourth-order valence-electron chi connectivity index (χ4n) is 6.20. The first-order chi connectivity index (χ1) is 19.8. The van der Waals surface area contributed by atoms with Crippen molar-refractivity contribution in [2.75, 3.05) is 0 Å². The molecule has 3 aromatic heterocycles. The second-order valence-corrected chi connectivity index (χ2v) is 11.3. The zero-order chi connectivity index (χ0) is 26.2. The monoisotopic (exact) mass is 527 g/mol. The Kier molecular flexibility index (Phi) is 4.48. The first-order valence-corrected chi connectivity index (χ1v) is 14.3. The largest absolute Gasteiger partial charge is 0.290 e. The summed E-state index contributed by atoms with van der Waals surface area (Å²) >= 11 is 1.86. The van der Waals surface area contributed by atoms with Gasteiger partial charge in [-0.2, -0.15) is 0 Å². The molecule has 0 aliphatic rings. The molecule has 0 spiro atoms. The molecule has 0 radical (unpaired) electrons. The SMILES string of the molecule is c1ccc(-c2nc3ccccc3nc2-n2c3ccc4ccccc4c3c3ccc4c5ccccc5sc4c32)cc1. The molecule has 9 aromatic rings. The Morgan fingerprint density at radius 1 is 0.525 bits per heavy atom. The van der Waals surface area contributed by atoms with Crippen molar-refractivity contribution in [2.45, 2.75) is 0 Å². The minimum atomic E-state index is 0.852. The summed E-state index contributed by atoms with van der Waals surface area (Å²) in [5.41, 5.74) is 6.03. The van der Waals surface area contributed by atoms with E-state index in [1.54, 1.807) is 0 Å². The Balaban J connectivity index is 1.55. The van der Waals surface area contributed by atoms with Crippen molar-refractivity contribution in [3.05, 3.63) is 127 Å². The molecule has 3 nitrogen and oxygen atoms in total. The van der Waals surface area contributed by atoms with Gasteiger partial charge in [-0.05, 0) is 35.0 Å². The summed E-state index contributed by atoms with van der Waals surface area (Å²) in [6, 6.07) is 45.1. The van der Waals surface area contributed by atoms with Gasteiger partial charge in [-0.3, -0.25) is 4.57 Å². The van der Waals surface area contributed by atoms with E-state index in [9.17, 15) is 0 Å². The number of hydrogen-bond donors (Lipinski definition) is 0. The first-order valence-electron chi connectivity index (χ1n) is 13.4. The highest BCUT2D eigenvalue weighted by Crippen LogP contribution is 2.45. The molecule has 0 N–H and O–H groups in total. The molecule has 0 fully saturated rings. The fraction of sp³-hybridized carbons (Fsp3) is 0. The van der Waals surface area contributed by atoms with E-state index < -0.39 is 0 Å². The first kappa shape index (κ1) is 21.8. The molecule has 0 saturated carbocycles. The zero-order valence-corrected chi connectivity index (χ0v) is 22.2. The second-order valence-electron chi connectivity index (χ2n) is 10.2. The van der Waals surface area contributed by atoms with Crippen LogP contribution in [-0.2, 0) is 0 Å². The molecular formula is C36H21N3S. The van der Waals surface area contributed by atoms with Crippen LogP contribution in [0, 0.1) is 0 Å². The molecular weight excluding hydrogens is 506 g/mol. The summed E-state index contributed by atoms with van der Waals surface area (Å²) in [4.78, 5) is 10.6. The van der Waals surface area contributed by atoms with E-state index in [-0.39, 0.29) is 0 Å². The van der Waals surface area contributed by atoms with Crippen LogP contribution in [0.3, 0.4) is 0 Å². The Hall–Kier alpha value is -5.06. The molecule has 3 heterocycles. The summed E-state index contributed by atoms with van der Waals surface area (Å²) in [5, 5.41) is 7.54. The Bertz CT molecular complexity index is 2430. The standard InChI is InChI=1S/C36H21N3S/c1-2-11-23(12-3-1)33-36(38-29-16-8-7-15-28(29)37-33)39-30-21-18-22-10-4-5-13-24(22)32(30)27-20-19-26-25-14-6-9-17-31(25)40-35(26)34(27)39/h1-21H. The lowest BCUT2D eigenvalue weighted by Gasteiger charge is -2.14. The van der Waals surface area contributed by atoms with Gasteiger partial charge in [0, 0.05) is 31.8 Å². The van der Waals surface area contributed by atoms with Gasteiger partial charge in [0.2, 0.25) is 0 Å². The van der Waals surface area contributed by atoms with Crippen LogP contribution in [0.1, 0.15) is 0 Å². The van der Waals surface area contributed by atoms with Crippen molar-refractivity contribution in [3.8, 4) is 17.1 Å². The number of rotatable bonds is 2. The molecule has 0 saturated heterocycles. The van der Waals surface area contributed by atoms with E-state index in [1.165, 1.54) is 47.2 Å². The lowest BCUT2D eigenvalue weighted by molar-refractivity contribution is 1.08. The fourth-order valence-corrected chi connectivity index (χ4v) is 7.44. The molecule has 186 valence electrons. The van der Waals surface area contributed by atoms with E-state index in [2.05, 4.69) is 108 Å². The van der Waals surface area contributed by atoms with E-state index in [0.717, 1.165) is 33.6 Å². The van der Waals surface area contributed by atoms with Gasteiger partial charge < -0.3 is 0 Å². The van der Waals surface area contributed by atoms with Crippen molar-refractivity contribution < 1.29 is 0 Å². The molecule has 0 aliphatic carbocycles. The number of fused-ring (bicyclic) bond motifs is 10. The maximum atomic E-state index is 5.34. The van der Waals surface area contributed by atoms with Crippen LogP contribution in [0.5, 0.6) is 0 Å². The summed E-state index contributed by atoms with van der Waals surface area (Å²) < 4.78 is 4.93. The maximum Gasteiger partial charge on any atom is 0.165 e. The normalized spacial score (nSPS) is 12.0. The highest BCUT2D eigenvalue weighted by Gasteiger charge is 2.23. The van der Waals surface area contributed by atoms with Crippen LogP contribution in [0.4, 0.5) is 0 Å². The van der Waals surface area contributed by atoms with Crippen LogP contribution in [-0.4, -0.2) is 14.5 Å². The number of para-hydroxylation sites is 2. The van der Waals surface area contributed by atoms with Gasteiger partial charge in [-0.1, -0.05) is 103 Å². The van der Waals surface area contributed by atoms with Gasteiger partial charge in [0.15, 0.2) is 5.82 Å². The van der Waals surface area contributed by atoms with E-state index in [1.807, 2.05) is 35.6 Å². The average Bonchev–Trinajstić information content (AvgIpc) is 3.57. The van der Waals surface area contributed by atoms with Crippen molar-refractivity contribution in [1.82, 2.24) is 14.5 Å². The van der Waals surface area contributed by atoms with Crippen LogP contribution >= 0.6 is 11.3 Å². The smallest absolute Gasteiger partial charge is 0.165 e. The number of aromatic nitrogens is 3. The summed E-state index contributed by atoms with van der Waals surface area (Å²) in [5.74, 6) is 0.852. The van der Waals surface area contributed by atoms with Crippen LogP contribution in [0.25, 0.3) is 80.9 Å². The summed E-state index contributed by atoms with van der Waals surface area (Å²) in [6.07, 6.45) is 0. The predicted molar refractivity (Wildman–Crippen MR) is 170 cm³/mol. The Morgan fingerprint density at radius 2 is 1.23 bits per heavy atom. The molecule has 0 bridgehead atoms. The summed E-state index contributed by atoms with van der Waals surface area (Å²) in [7, 11) is 0. The van der Waals surface area contributed by atoms with Crippen LogP contribution in [0.2, 0.25) is 0 Å². The molecule has 4 heteroatoms. The van der Waals surface area contributed by atoms with Gasteiger partial charge in [0.05, 0.1) is 26.8 Å². The number of hydrogen-bond acceptors (Lipinski definition) is 3. The molecule has 9 rings (SSSR count). The van der Waals surface area contributed by atoms with Gasteiger partial charge in [0.1, 0.15) is 5.69 Å². The number of thiophene rings is 1. The van der Waals surface area contributed by atoms with E-state index in [4.69, 9.17) is 9.97 Å². The third-order valence-corrected chi connectivity index (χ3v) is 9.17. The average molecular weight is 528 g/mol. The van der Waals surface area contributed by atoms with Gasteiger partial charge in [-0.25, -0.2) is 9.97 Å².